The number of aromatic carboxylic acids is 1. The Morgan fingerprint density at radius 1 is 1.11 bits per heavy atom. The summed E-state index contributed by atoms with van der Waals surface area (Å²) in [6.07, 6.45) is 7.35. The van der Waals surface area contributed by atoms with Crippen LogP contribution in [0.15, 0.2) is 52.3 Å². The Kier molecular flexibility index (Phi) is 6.69. The quantitative estimate of drug-likeness (QED) is 0.217. The van der Waals surface area contributed by atoms with Gasteiger partial charge in [-0.25, -0.2) is 4.79 Å². The highest BCUT2D eigenvalue weighted by Gasteiger charge is 2.72. The molecule has 5 fully saturated rings. The van der Waals surface area contributed by atoms with E-state index in [-0.39, 0.29) is 47.4 Å². The van der Waals surface area contributed by atoms with Crippen LogP contribution in [0.5, 0.6) is 11.5 Å². The molecule has 6 aliphatic rings. The van der Waals surface area contributed by atoms with E-state index in [0.29, 0.717) is 16.7 Å². The van der Waals surface area contributed by atoms with Crippen molar-refractivity contribution in [1.29, 1.82) is 0 Å². The van der Waals surface area contributed by atoms with E-state index in [9.17, 15) is 29.7 Å². The van der Waals surface area contributed by atoms with E-state index < -0.39 is 34.4 Å². The first-order chi connectivity index (χ1) is 20.9. The van der Waals surface area contributed by atoms with Crippen molar-refractivity contribution in [3.63, 3.8) is 0 Å². The molecule has 0 aromatic heterocycles. The minimum Gasteiger partial charge on any atom is -0.506 e. The molecule has 44 heavy (non-hydrogen) atoms. The van der Waals surface area contributed by atoms with Crippen LogP contribution in [0.1, 0.15) is 74.7 Å². The fourth-order valence-electron chi connectivity index (χ4n) is 8.44. The number of thioether (sulfide) groups is 1. The number of hydrogen-bond donors (Lipinski definition) is 4. The van der Waals surface area contributed by atoms with E-state index in [0.717, 1.165) is 41.9 Å². The van der Waals surface area contributed by atoms with Crippen LogP contribution in [-0.4, -0.2) is 44.7 Å². The molecule has 1 spiro atoms. The number of phenolic OH excluding ortho intramolecular Hbond substituents is 1. The third-order valence-corrected chi connectivity index (χ3v) is 11.6. The molecule has 2 saturated heterocycles. The van der Waals surface area contributed by atoms with Gasteiger partial charge in [-0.1, -0.05) is 36.6 Å². The van der Waals surface area contributed by atoms with Gasteiger partial charge in [-0.15, -0.1) is 0 Å². The molecular weight excluding hydrogens is 578 g/mol. The number of Topliss-reactive ketones (excluding diaryl/α,β-unsaturated/α-hetero) is 1. The highest BCUT2D eigenvalue weighted by molar-refractivity contribution is 8.04. The summed E-state index contributed by atoms with van der Waals surface area (Å²) in [6.45, 7) is 4.15. The second-order valence-electron chi connectivity index (χ2n) is 13.6. The Morgan fingerprint density at radius 2 is 1.86 bits per heavy atom. The summed E-state index contributed by atoms with van der Waals surface area (Å²) in [5.41, 5.74) is -1.14. The van der Waals surface area contributed by atoms with Gasteiger partial charge in [0.1, 0.15) is 17.0 Å². The summed E-state index contributed by atoms with van der Waals surface area (Å²) in [7, 11) is 0. The van der Waals surface area contributed by atoms with Crippen LogP contribution in [0.25, 0.3) is 0 Å². The maximum absolute atomic E-state index is 14.4. The Balaban J connectivity index is 1.15. The molecule has 2 heterocycles. The number of allylic oxidation sites excluding steroid dienone is 2. The number of benzene rings is 2. The van der Waals surface area contributed by atoms with Crippen LogP contribution in [0.3, 0.4) is 0 Å². The fraction of sp³-hybridized carbons (Fsp3) is 0.457. The molecule has 2 aromatic carbocycles. The number of rotatable bonds is 7. The molecule has 4 N–H and O–H groups in total. The van der Waals surface area contributed by atoms with Gasteiger partial charge < -0.3 is 25.4 Å². The molecule has 8 rings (SSSR count). The Bertz CT molecular complexity index is 1680. The lowest BCUT2D eigenvalue weighted by Crippen LogP contribution is -2.57. The molecule has 8 nitrogen and oxygen atoms in total. The van der Waals surface area contributed by atoms with E-state index >= 15 is 0 Å². The van der Waals surface area contributed by atoms with Gasteiger partial charge in [-0.05, 0) is 93.2 Å². The zero-order valence-electron chi connectivity index (χ0n) is 24.7. The maximum Gasteiger partial charge on any atom is 0.339 e. The average molecular weight is 614 g/mol. The lowest BCUT2D eigenvalue weighted by molar-refractivity contribution is -0.169. The van der Waals surface area contributed by atoms with Crippen molar-refractivity contribution in [2.45, 2.75) is 75.4 Å². The van der Waals surface area contributed by atoms with Crippen molar-refractivity contribution < 1.29 is 34.4 Å². The molecule has 1 amide bonds. The smallest absolute Gasteiger partial charge is 0.339 e. The fourth-order valence-corrected chi connectivity index (χ4v) is 9.58. The number of hydrogen-bond acceptors (Lipinski definition) is 7. The van der Waals surface area contributed by atoms with Gasteiger partial charge in [0.2, 0.25) is 5.91 Å². The summed E-state index contributed by atoms with van der Waals surface area (Å²) >= 11 is 1.47. The number of phenols is 2. The van der Waals surface area contributed by atoms with E-state index in [1.54, 1.807) is 0 Å². The van der Waals surface area contributed by atoms with Gasteiger partial charge in [0, 0.05) is 34.1 Å². The van der Waals surface area contributed by atoms with E-state index in [1.165, 1.54) is 24.6 Å². The second-order valence-corrected chi connectivity index (χ2v) is 14.7. The number of ether oxygens (including phenoxy) is 1. The number of aromatic hydroxyl groups is 2. The van der Waals surface area contributed by atoms with Crippen LogP contribution in [0.4, 0.5) is 5.69 Å². The molecule has 4 aliphatic carbocycles. The number of carbonyl (C=O) groups is 3. The molecule has 3 saturated carbocycles. The molecule has 228 valence electrons. The van der Waals surface area contributed by atoms with Crippen LogP contribution in [-0.2, 0) is 14.3 Å². The molecule has 6 atom stereocenters. The van der Waals surface area contributed by atoms with Gasteiger partial charge >= 0.3 is 5.97 Å². The third kappa shape index (κ3) is 4.70. The molecule has 4 bridgehead atoms. The van der Waals surface area contributed by atoms with Crippen LogP contribution >= 0.6 is 11.8 Å². The van der Waals surface area contributed by atoms with Crippen molar-refractivity contribution in [2.24, 2.45) is 28.6 Å². The van der Waals surface area contributed by atoms with Gasteiger partial charge in [0.05, 0.1) is 16.6 Å². The zero-order valence-corrected chi connectivity index (χ0v) is 25.5. The SMILES string of the molecule is C[C@]12C[C@@]34C=C(Sc5ccc(C#CC6CC6)cc5)C(=O)[C@@](C)(CCC(=O)Nc5c(O)ccc(C(=O)O)c5O)[C@@H]3[C@H](C[C@@H]1C4)O2. The summed E-state index contributed by atoms with van der Waals surface area (Å²) in [5.74, 6) is 4.30. The van der Waals surface area contributed by atoms with Crippen molar-refractivity contribution in [1.82, 2.24) is 0 Å². The first-order valence-electron chi connectivity index (χ1n) is 15.2. The van der Waals surface area contributed by atoms with Crippen LogP contribution in [0, 0.1) is 40.4 Å². The number of carboxylic acid groups (broad SMARTS) is 1. The van der Waals surface area contributed by atoms with Gasteiger partial charge in [-0.2, -0.15) is 0 Å². The van der Waals surface area contributed by atoms with Crippen molar-refractivity contribution in [3.8, 4) is 23.3 Å². The second kappa shape index (κ2) is 10.1. The summed E-state index contributed by atoms with van der Waals surface area (Å²) in [6, 6.07) is 10.2. The van der Waals surface area contributed by atoms with E-state index in [4.69, 9.17) is 4.74 Å². The first kappa shape index (κ1) is 29.0. The van der Waals surface area contributed by atoms with Crippen molar-refractivity contribution in [2.75, 3.05) is 5.32 Å². The molecule has 0 radical (unpaired) electrons. The number of ketones is 1. The Morgan fingerprint density at radius 3 is 2.55 bits per heavy atom. The van der Waals surface area contributed by atoms with E-state index in [2.05, 4.69) is 30.2 Å². The predicted octanol–water partition coefficient (Wildman–Crippen LogP) is 6.12. The zero-order chi connectivity index (χ0) is 31.0. The van der Waals surface area contributed by atoms with Gasteiger partial charge in [0.15, 0.2) is 11.5 Å². The van der Waals surface area contributed by atoms with Crippen LogP contribution in [0.2, 0.25) is 0 Å². The molecule has 9 heteroatoms. The number of carbonyl (C=O) groups excluding carboxylic acids is 2. The minimum atomic E-state index is -1.39. The normalized spacial score (nSPS) is 32.9. The van der Waals surface area contributed by atoms with Gasteiger partial charge in [-0.3, -0.25) is 9.59 Å². The first-order valence-corrected chi connectivity index (χ1v) is 16.1. The molecular formula is C35H35NO7S. The highest BCUT2D eigenvalue weighted by atomic mass is 32.2. The number of amides is 1. The topological polar surface area (TPSA) is 133 Å². The Labute approximate surface area is 260 Å². The summed E-state index contributed by atoms with van der Waals surface area (Å²) in [5, 5.41) is 32.4. The lowest BCUT2D eigenvalue weighted by Gasteiger charge is -2.56. The van der Waals surface area contributed by atoms with Crippen molar-refractivity contribution in [3.05, 3.63) is 58.5 Å². The summed E-state index contributed by atoms with van der Waals surface area (Å²) in [4.78, 5) is 40.7. The average Bonchev–Trinajstić information content (AvgIpc) is 3.73. The number of nitrogens with one attached hydrogen (secondary N) is 1. The Hall–Kier alpha value is -3.74. The molecule has 2 aromatic rings. The minimum absolute atomic E-state index is 0.00958. The molecule has 2 aliphatic heterocycles. The maximum atomic E-state index is 14.4. The summed E-state index contributed by atoms with van der Waals surface area (Å²) < 4.78 is 6.60. The standard InChI is InChI=1S/C35H35NO7S/c1-33(14-13-27(38)36-28-24(37)12-11-23(29(28)39)32(41)42)30-25-15-21-16-35(30,18-34(21,2)43-25)17-26(31(33)40)44-22-9-7-20(8-10-22)6-5-19-3-4-19/h7-12,17,19,21,25,30,37,39H,3-4,13-16,18H2,1-2H3,(H,36,38)(H,41,42)/t21-,25+,30+,33+,34+,35-/m1/s1. The predicted molar refractivity (Wildman–Crippen MR) is 164 cm³/mol. The largest absolute Gasteiger partial charge is 0.506 e. The van der Waals surface area contributed by atoms with Crippen LogP contribution < -0.4 is 5.32 Å². The van der Waals surface area contributed by atoms with Gasteiger partial charge in [0.25, 0.3) is 0 Å². The lowest BCUT2D eigenvalue weighted by atomic mass is 9.51. The van der Waals surface area contributed by atoms with E-state index in [1.807, 2.05) is 31.2 Å². The van der Waals surface area contributed by atoms with Crippen molar-refractivity contribution >= 4 is 35.1 Å². The molecule has 0 unspecified atom stereocenters. The number of anilines is 1. The monoisotopic (exact) mass is 613 g/mol. The number of carboxylic acids is 1. The highest BCUT2D eigenvalue weighted by Crippen LogP contribution is 2.72. The third-order valence-electron chi connectivity index (χ3n) is 10.5.